The zero-order chi connectivity index (χ0) is 22.8. The third-order valence-electron chi connectivity index (χ3n) is 6.18. The molecule has 0 amide bonds. The summed E-state index contributed by atoms with van der Waals surface area (Å²) in [7, 11) is -1.87. The molecule has 0 radical (unpaired) electrons. The summed E-state index contributed by atoms with van der Waals surface area (Å²) >= 11 is 0. The van der Waals surface area contributed by atoms with E-state index in [4.69, 9.17) is 9.47 Å². The average Bonchev–Trinajstić information content (AvgIpc) is 3.28. The number of morpholine rings is 1. The molecule has 0 bridgehead atoms. The van der Waals surface area contributed by atoms with E-state index in [1.54, 1.807) is 19.4 Å². The lowest BCUT2D eigenvalue weighted by Crippen LogP contribution is -2.39. The number of benzene rings is 1. The van der Waals surface area contributed by atoms with Crippen molar-refractivity contribution in [2.75, 3.05) is 31.2 Å². The first kappa shape index (κ1) is 22.1. The van der Waals surface area contributed by atoms with Gasteiger partial charge in [0.15, 0.2) is 0 Å². The van der Waals surface area contributed by atoms with Gasteiger partial charge in [0, 0.05) is 56.5 Å². The van der Waals surface area contributed by atoms with Crippen molar-refractivity contribution in [1.82, 2.24) is 24.5 Å². The second-order valence-corrected chi connectivity index (χ2v) is 10.2. The fourth-order valence-corrected chi connectivity index (χ4v) is 5.71. The molecule has 0 spiro atoms. The number of ether oxygens (including phenoxy) is 2. The lowest BCUT2D eigenvalue weighted by molar-refractivity contribution is 0.122. The molecule has 0 unspecified atom stereocenters. The number of anilines is 1. The summed E-state index contributed by atoms with van der Waals surface area (Å²) in [6.07, 6.45) is 9.15. The zero-order valence-corrected chi connectivity index (χ0v) is 19.4. The highest BCUT2D eigenvalue weighted by Crippen LogP contribution is 2.33. The third-order valence-corrected chi connectivity index (χ3v) is 7.66. The zero-order valence-electron chi connectivity index (χ0n) is 18.6. The maximum Gasteiger partial charge on any atom is 0.243 e. The highest BCUT2D eigenvalue weighted by atomic mass is 32.2. The molecule has 0 atom stereocenters. The van der Waals surface area contributed by atoms with Crippen LogP contribution in [-0.2, 0) is 21.8 Å². The van der Waals surface area contributed by atoms with Gasteiger partial charge in [-0.05, 0) is 31.7 Å². The Morgan fingerprint density at radius 2 is 1.85 bits per heavy atom. The molecule has 2 fully saturated rings. The smallest absolute Gasteiger partial charge is 0.243 e. The van der Waals surface area contributed by atoms with Gasteiger partial charge in [-0.2, -0.15) is 5.10 Å². The minimum Gasteiger partial charge on any atom is -0.488 e. The van der Waals surface area contributed by atoms with E-state index in [1.165, 1.54) is 17.1 Å². The number of fused-ring (bicyclic) bond motifs is 1. The summed E-state index contributed by atoms with van der Waals surface area (Å²) in [4.78, 5) is 11.5. The van der Waals surface area contributed by atoms with Gasteiger partial charge in [0.05, 0.1) is 31.0 Å². The molecule has 10 nitrogen and oxygen atoms in total. The number of sulfonamides is 1. The number of rotatable bonds is 6. The van der Waals surface area contributed by atoms with Crippen LogP contribution < -0.4 is 14.4 Å². The van der Waals surface area contributed by atoms with Crippen molar-refractivity contribution >= 4 is 26.7 Å². The summed E-state index contributed by atoms with van der Waals surface area (Å²) in [5, 5.41) is 3.96. The maximum atomic E-state index is 12.6. The number of aromatic nitrogens is 4. The predicted octanol–water partition coefficient (Wildman–Crippen LogP) is 1.87. The normalized spacial score (nSPS) is 21.9. The molecule has 1 saturated heterocycles. The minimum atomic E-state index is -3.57. The molecule has 3 heterocycles. The van der Waals surface area contributed by atoms with Gasteiger partial charge in [-0.15, -0.1) is 0 Å². The van der Waals surface area contributed by atoms with Crippen LogP contribution >= 0.6 is 0 Å². The van der Waals surface area contributed by atoms with Gasteiger partial charge < -0.3 is 14.4 Å². The van der Waals surface area contributed by atoms with Gasteiger partial charge in [0.1, 0.15) is 16.2 Å². The Balaban J connectivity index is 1.27. The minimum absolute atomic E-state index is 0.00529. The Kier molecular flexibility index (Phi) is 6.17. The Morgan fingerprint density at radius 1 is 1.09 bits per heavy atom. The van der Waals surface area contributed by atoms with Crippen molar-refractivity contribution in [2.24, 2.45) is 7.05 Å². The molecule has 3 aromatic rings. The molecule has 5 rings (SSSR count). The highest BCUT2D eigenvalue weighted by molar-refractivity contribution is 7.89. The number of nitrogens with zero attached hydrogens (tertiary/aromatic N) is 5. The van der Waals surface area contributed by atoms with Crippen molar-refractivity contribution in [3.8, 4) is 5.75 Å². The first-order valence-corrected chi connectivity index (χ1v) is 12.7. The van der Waals surface area contributed by atoms with Crippen molar-refractivity contribution in [3.63, 3.8) is 0 Å². The highest BCUT2D eigenvalue weighted by Gasteiger charge is 2.28. The van der Waals surface area contributed by atoms with Crippen molar-refractivity contribution in [3.05, 3.63) is 36.9 Å². The molecule has 1 N–H and O–H groups in total. The summed E-state index contributed by atoms with van der Waals surface area (Å²) in [6.45, 7) is 3.06. The van der Waals surface area contributed by atoms with Crippen LogP contribution in [0.1, 0.15) is 25.7 Å². The van der Waals surface area contributed by atoms with Crippen LogP contribution in [0.3, 0.4) is 0 Å². The molecule has 1 aromatic carbocycles. The molecular formula is C22H28N6O4S. The molecule has 1 saturated carbocycles. The summed E-state index contributed by atoms with van der Waals surface area (Å²) < 4.78 is 41.4. The van der Waals surface area contributed by atoms with Crippen LogP contribution in [0.25, 0.3) is 11.0 Å². The van der Waals surface area contributed by atoms with Crippen LogP contribution in [-0.4, -0.2) is 66.6 Å². The van der Waals surface area contributed by atoms with Crippen molar-refractivity contribution in [2.45, 2.75) is 42.7 Å². The van der Waals surface area contributed by atoms with Gasteiger partial charge in [0.2, 0.25) is 10.0 Å². The first-order valence-electron chi connectivity index (χ1n) is 11.2. The largest absolute Gasteiger partial charge is 0.488 e. The van der Waals surface area contributed by atoms with E-state index in [2.05, 4.69) is 24.7 Å². The SMILES string of the molecule is Cn1cc(S(=O)(=O)NC2CCC(Oc3cc(N4CCOCC4)cc4nccnc34)CC2)cn1. The number of nitrogens with one attached hydrogen (secondary N) is 1. The number of hydrogen-bond donors (Lipinski definition) is 1. The third kappa shape index (κ3) is 4.94. The quantitative estimate of drug-likeness (QED) is 0.579. The first-order chi connectivity index (χ1) is 16.0. The van der Waals surface area contributed by atoms with Crippen LogP contribution in [0.4, 0.5) is 5.69 Å². The lowest BCUT2D eigenvalue weighted by atomic mass is 9.93. The van der Waals surface area contributed by atoms with Gasteiger partial charge in [0.25, 0.3) is 0 Å². The molecule has 2 aromatic heterocycles. The Morgan fingerprint density at radius 3 is 2.58 bits per heavy atom. The molecular weight excluding hydrogens is 444 g/mol. The molecule has 2 aliphatic rings. The van der Waals surface area contributed by atoms with Gasteiger partial charge in [-0.3, -0.25) is 9.67 Å². The molecule has 1 aliphatic carbocycles. The molecule has 11 heteroatoms. The van der Waals surface area contributed by atoms with Gasteiger partial charge >= 0.3 is 0 Å². The average molecular weight is 473 g/mol. The molecule has 1 aliphatic heterocycles. The fourth-order valence-electron chi connectivity index (χ4n) is 4.43. The molecule has 33 heavy (non-hydrogen) atoms. The summed E-state index contributed by atoms with van der Waals surface area (Å²) in [5.41, 5.74) is 2.60. The predicted molar refractivity (Wildman–Crippen MR) is 123 cm³/mol. The van der Waals surface area contributed by atoms with E-state index in [0.717, 1.165) is 48.4 Å². The van der Waals surface area contributed by atoms with Gasteiger partial charge in [-0.1, -0.05) is 0 Å². The molecule has 176 valence electrons. The van der Waals surface area contributed by atoms with Crippen LogP contribution in [0, 0.1) is 0 Å². The van der Waals surface area contributed by atoms with Crippen LogP contribution in [0.5, 0.6) is 5.75 Å². The van der Waals surface area contributed by atoms with Crippen LogP contribution in [0.2, 0.25) is 0 Å². The summed E-state index contributed by atoms with van der Waals surface area (Å²) in [6, 6.07) is 3.97. The van der Waals surface area contributed by atoms with E-state index in [-0.39, 0.29) is 17.0 Å². The van der Waals surface area contributed by atoms with E-state index in [9.17, 15) is 8.42 Å². The van der Waals surface area contributed by atoms with Crippen molar-refractivity contribution < 1.29 is 17.9 Å². The standard InChI is InChI=1S/C22H28N6O4S/c1-27-15-19(14-25-27)33(29,30)26-16-2-4-18(5-3-16)32-21-13-17(28-8-10-31-11-9-28)12-20-22(21)24-7-6-23-20/h6-7,12-16,18,26H,2-5,8-11H2,1H3. The fraction of sp³-hybridized carbons (Fsp3) is 0.500. The lowest BCUT2D eigenvalue weighted by Gasteiger charge is -2.31. The Bertz CT molecular complexity index is 1220. The second-order valence-electron chi connectivity index (χ2n) is 8.53. The van der Waals surface area contributed by atoms with E-state index < -0.39 is 10.0 Å². The maximum absolute atomic E-state index is 12.6. The monoisotopic (exact) mass is 472 g/mol. The topological polar surface area (TPSA) is 111 Å². The van der Waals surface area contributed by atoms with Crippen LogP contribution in [0.15, 0.2) is 41.8 Å². The van der Waals surface area contributed by atoms with Gasteiger partial charge in [-0.25, -0.2) is 18.1 Å². The van der Waals surface area contributed by atoms with Crippen molar-refractivity contribution in [1.29, 1.82) is 0 Å². The Labute approximate surface area is 193 Å². The Hall–Kier alpha value is -2.76. The number of hydrogen-bond acceptors (Lipinski definition) is 8. The van der Waals surface area contributed by atoms with E-state index in [1.807, 2.05) is 12.1 Å². The number of aryl methyl sites for hydroxylation is 1. The van der Waals surface area contributed by atoms with E-state index in [0.29, 0.717) is 26.1 Å². The van der Waals surface area contributed by atoms with E-state index >= 15 is 0 Å². The second kappa shape index (κ2) is 9.24. The summed E-state index contributed by atoms with van der Waals surface area (Å²) in [5.74, 6) is 0.724.